The molecule has 1 aliphatic rings. The van der Waals surface area contributed by atoms with Gasteiger partial charge in [0.2, 0.25) is 0 Å². The number of fused-ring (bicyclic) bond motifs is 1. The second-order valence-corrected chi connectivity index (χ2v) is 8.07. The zero-order valence-corrected chi connectivity index (χ0v) is 18.4. The van der Waals surface area contributed by atoms with Gasteiger partial charge in [0, 0.05) is 50.7 Å². The summed E-state index contributed by atoms with van der Waals surface area (Å²) >= 11 is 0. The van der Waals surface area contributed by atoms with E-state index in [0.717, 1.165) is 57.2 Å². The Labute approximate surface area is 183 Å². The van der Waals surface area contributed by atoms with Crippen molar-refractivity contribution in [3.63, 3.8) is 0 Å². The lowest BCUT2D eigenvalue weighted by molar-refractivity contribution is 0.0948. The normalized spacial score (nSPS) is 16.9. The van der Waals surface area contributed by atoms with Crippen LogP contribution >= 0.6 is 0 Å². The van der Waals surface area contributed by atoms with E-state index in [0.29, 0.717) is 18.0 Å². The van der Waals surface area contributed by atoms with Gasteiger partial charge < -0.3 is 10.2 Å². The van der Waals surface area contributed by atoms with E-state index in [-0.39, 0.29) is 5.91 Å². The first-order valence-electron chi connectivity index (χ1n) is 11.1. The fraction of sp³-hybridized carbons (Fsp3) is 0.478. The second-order valence-electron chi connectivity index (χ2n) is 8.07. The number of hydrogen-bond donors (Lipinski definition) is 1. The largest absolute Gasteiger partial charge is 0.351 e. The molecule has 3 aromatic heterocycles. The maximum atomic E-state index is 12.7. The Bertz CT molecular complexity index is 1000. The van der Waals surface area contributed by atoms with Crippen molar-refractivity contribution >= 4 is 11.6 Å². The summed E-state index contributed by atoms with van der Waals surface area (Å²) in [5, 5.41) is 11.8. The monoisotopic (exact) mass is 421 g/mol. The minimum atomic E-state index is -0.0571. The molecule has 0 aliphatic carbocycles. The summed E-state index contributed by atoms with van der Waals surface area (Å²) in [6.45, 7) is 10.6. The Morgan fingerprint density at radius 1 is 1.23 bits per heavy atom. The Kier molecular flexibility index (Phi) is 6.89. The van der Waals surface area contributed by atoms with Crippen molar-refractivity contribution in [1.29, 1.82) is 0 Å². The molecular weight excluding hydrogens is 390 g/mol. The van der Waals surface area contributed by atoms with Crippen molar-refractivity contribution in [2.24, 2.45) is 0 Å². The molecule has 8 nitrogen and oxygen atoms in total. The van der Waals surface area contributed by atoms with Crippen molar-refractivity contribution in [2.45, 2.75) is 32.7 Å². The third kappa shape index (κ3) is 5.08. The van der Waals surface area contributed by atoms with Crippen molar-refractivity contribution < 1.29 is 4.79 Å². The summed E-state index contributed by atoms with van der Waals surface area (Å²) in [5.74, 6) is 1.17. The zero-order valence-electron chi connectivity index (χ0n) is 18.4. The third-order valence-corrected chi connectivity index (χ3v) is 6.07. The summed E-state index contributed by atoms with van der Waals surface area (Å²) in [6, 6.07) is 7.78. The number of hydrogen-bond acceptors (Lipinski definition) is 6. The molecule has 164 valence electrons. The molecule has 4 heterocycles. The average molecular weight is 422 g/mol. The number of nitrogens with zero attached hydrogens (tertiary/aromatic N) is 6. The van der Waals surface area contributed by atoms with E-state index in [1.807, 2.05) is 35.0 Å². The van der Waals surface area contributed by atoms with Crippen LogP contribution in [0.5, 0.6) is 0 Å². The van der Waals surface area contributed by atoms with E-state index in [1.54, 1.807) is 6.20 Å². The van der Waals surface area contributed by atoms with Crippen LogP contribution < -0.4 is 5.32 Å². The fourth-order valence-electron chi connectivity index (χ4n) is 4.23. The summed E-state index contributed by atoms with van der Waals surface area (Å²) in [6.07, 6.45) is 6.63. The quantitative estimate of drug-likeness (QED) is 0.571. The van der Waals surface area contributed by atoms with Crippen LogP contribution in [0.2, 0.25) is 0 Å². The molecule has 1 saturated heterocycles. The SMILES string of the molecule is CCN(CC)CCNC(=O)c1ccc2nnc(C3CCN(Cc4cccnc4)C3)n2c1. The zero-order chi connectivity index (χ0) is 21.6. The van der Waals surface area contributed by atoms with Crippen molar-refractivity contribution in [3.8, 4) is 0 Å². The lowest BCUT2D eigenvalue weighted by atomic mass is 10.1. The van der Waals surface area contributed by atoms with Gasteiger partial charge in [0.25, 0.3) is 5.91 Å². The molecule has 1 atom stereocenters. The van der Waals surface area contributed by atoms with Gasteiger partial charge in [0.1, 0.15) is 5.82 Å². The molecule has 0 saturated carbocycles. The number of rotatable bonds is 9. The van der Waals surface area contributed by atoms with Gasteiger partial charge in [0.15, 0.2) is 5.65 Å². The van der Waals surface area contributed by atoms with Crippen LogP contribution in [0.25, 0.3) is 5.65 Å². The topological polar surface area (TPSA) is 78.7 Å². The average Bonchev–Trinajstić information content (AvgIpc) is 3.43. The molecule has 1 unspecified atom stereocenters. The second kappa shape index (κ2) is 9.98. The molecule has 0 spiro atoms. The van der Waals surface area contributed by atoms with Crippen molar-refractivity contribution in [2.75, 3.05) is 39.3 Å². The summed E-state index contributed by atoms with van der Waals surface area (Å²) in [4.78, 5) is 21.6. The van der Waals surface area contributed by atoms with Crippen LogP contribution in [-0.4, -0.2) is 74.6 Å². The van der Waals surface area contributed by atoms with Gasteiger partial charge in [-0.1, -0.05) is 19.9 Å². The summed E-state index contributed by atoms with van der Waals surface area (Å²) in [5.41, 5.74) is 2.64. The number of aromatic nitrogens is 4. The van der Waals surface area contributed by atoms with E-state index in [9.17, 15) is 4.79 Å². The first-order valence-corrected chi connectivity index (χ1v) is 11.1. The Balaban J connectivity index is 1.42. The van der Waals surface area contributed by atoms with Crippen molar-refractivity contribution in [1.82, 2.24) is 34.7 Å². The van der Waals surface area contributed by atoms with E-state index in [2.05, 4.69) is 50.2 Å². The summed E-state index contributed by atoms with van der Waals surface area (Å²) < 4.78 is 1.98. The molecule has 1 N–H and O–H groups in total. The Morgan fingerprint density at radius 3 is 2.87 bits per heavy atom. The number of nitrogens with one attached hydrogen (secondary N) is 1. The lowest BCUT2D eigenvalue weighted by Gasteiger charge is -2.18. The highest BCUT2D eigenvalue weighted by Gasteiger charge is 2.28. The number of likely N-dealkylation sites (N-methyl/N-ethyl adjacent to an activating group) is 1. The predicted molar refractivity (Wildman–Crippen MR) is 120 cm³/mol. The number of pyridine rings is 2. The van der Waals surface area contributed by atoms with E-state index in [1.165, 1.54) is 5.56 Å². The number of amides is 1. The minimum absolute atomic E-state index is 0.0571. The van der Waals surface area contributed by atoms with Gasteiger partial charge in [-0.3, -0.25) is 19.1 Å². The Morgan fingerprint density at radius 2 is 2.10 bits per heavy atom. The first-order chi connectivity index (χ1) is 15.2. The molecule has 0 bridgehead atoms. The molecule has 31 heavy (non-hydrogen) atoms. The highest BCUT2D eigenvalue weighted by atomic mass is 16.1. The molecule has 8 heteroatoms. The lowest BCUT2D eigenvalue weighted by Crippen LogP contribution is -2.34. The van der Waals surface area contributed by atoms with Gasteiger partial charge in [-0.25, -0.2) is 0 Å². The van der Waals surface area contributed by atoms with Crippen LogP contribution in [0.15, 0.2) is 42.9 Å². The van der Waals surface area contributed by atoms with Crippen LogP contribution in [-0.2, 0) is 6.54 Å². The van der Waals surface area contributed by atoms with Gasteiger partial charge >= 0.3 is 0 Å². The molecule has 1 aliphatic heterocycles. The Hall–Kier alpha value is -2.84. The maximum absolute atomic E-state index is 12.7. The highest BCUT2D eigenvalue weighted by Crippen LogP contribution is 2.27. The molecule has 0 radical (unpaired) electrons. The van der Waals surface area contributed by atoms with Crippen LogP contribution in [0.3, 0.4) is 0 Å². The van der Waals surface area contributed by atoms with Crippen LogP contribution in [0.1, 0.15) is 47.9 Å². The first kappa shape index (κ1) is 21.4. The van der Waals surface area contributed by atoms with E-state index < -0.39 is 0 Å². The number of carbonyl (C=O) groups is 1. The van der Waals surface area contributed by atoms with Crippen molar-refractivity contribution in [3.05, 3.63) is 59.8 Å². The van der Waals surface area contributed by atoms with Gasteiger partial charge in [-0.15, -0.1) is 10.2 Å². The molecule has 4 rings (SSSR count). The maximum Gasteiger partial charge on any atom is 0.252 e. The van der Waals surface area contributed by atoms with Crippen LogP contribution in [0, 0.1) is 0 Å². The molecule has 1 fully saturated rings. The smallest absolute Gasteiger partial charge is 0.252 e. The molecule has 0 aromatic carbocycles. The molecule has 3 aromatic rings. The van der Waals surface area contributed by atoms with E-state index in [4.69, 9.17) is 0 Å². The number of likely N-dealkylation sites (tertiary alicyclic amines) is 1. The van der Waals surface area contributed by atoms with Gasteiger partial charge in [-0.05, 0) is 49.8 Å². The van der Waals surface area contributed by atoms with Gasteiger partial charge in [0.05, 0.1) is 5.56 Å². The van der Waals surface area contributed by atoms with Gasteiger partial charge in [-0.2, -0.15) is 0 Å². The molecule has 1 amide bonds. The third-order valence-electron chi connectivity index (χ3n) is 6.07. The fourth-order valence-corrected chi connectivity index (χ4v) is 4.23. The van der Waals surface area contributed by atoms with E-state index >= 15 is 0 Å². The summed E-state index contributed by atoms with van der Waals surface area (Å²) in [7, 11) is 0. The highest BCUT2D eigenvalue weighted by molar-refractivity contribution is 5.94. The number of carbonyl (C=O) groups excluding carboxylic acids is 1. The standard InChI is InChI=1S/C23H31N7O/c1-3-28(4-2)13-11-25-23(31)20-7-8-21-26-27-22(30(21)17-20)19-9-12-29(16-19)15-18-6-5-10-24-14-18/h5-8,10,14,17,19H,3-4,9,11-13,15-16H2,1-2H3,(H,25,31). The van der Waals surface area contributed by atoms with Crippen LogP contribution in [0.4, 0.5) is 0 Å². The minimum Gasteiger partial charge on any atom is -0.351 e. The predicted octanol–water partition coefficient (Wildman–Crippen LogP) is 2.19. The molecular formula is C23H31N7O.